The first kappa shape index (κ1) is 12.2. The quantitative estimate of drug-likeness (QED) is 0.564. The van der Waals surface area contributed by atoms with Gasteiger partial charge in [-0.15, -0.1) is 0 Å². The molecule has 0 aliphatic rings. The van der Waals surface area contributed by atoms with Crippen LogP contribution in [0.1, 0.15) is 0 Å². The standard InChI is InChI=1S/C17H11ClN2O/c18-12-4-1-3-11(9-12)13-5-2-6-14-15(21)10-16-19-7-8-20(16)17(13)14/h1-10,19H. The zero-order valence-corrected chi connectivity index (χ0v) is 11.8. The lowest BCUT2D eigenvalue weighted by Crippen LogP contribution is -2.04. The molecule has 0 aliphatic heterocycles. The average molecular weight is 295 g/mol. The van der Waals surface area contributed by atoms with Crippen LogP contribution in [0.15, 0.2) is 65.7 Å². The number of H-pyrrole nitrogens is 1. The summed E-state index contributed by atoms with van der Waals surface area (Å²) in [6, 6.07) is 15.0. The average Bonchev–Trinajstić information content (AvgIpc) is 2.95. The molecule has 4 rings (SSSR count). The Kier molecular flexibility index (Phi) is 2.62. The Bertz CT molecular complexity index is 1030. The fraction of sp³-hybridized carbons (Fsp3) is 0. The highest BCUT2D eigenvalue weighted by molar-refractivity contribution is 6.30. The first-order valence-corrected chi connectivity index (χ1v) is 6.99. The number of fused-ring (bicyclic) bond motifs is 3. The van der Waals surface area contributed by atoms with Crippen molar-refractivity contribution in [3.05, 3.63) is 76.2 Å². The molecule has 0 unspecified atom stereocenters. The number of pyridine rings is 1. The van der Waals surface area contributed by atoms with Crippen LogP contribution in [-0.4, -0.2) is 9.38 Å². The normalized spacial score (nSPS) is 11.3. The van der Waals surface area contributed by atoms with E-state index >= 15 is 0 Å². The monoisotopic (exact) mass is 294 g/mol. The summed E-state index contributed by atoms with van der Waals surface area (Å²) in [5.41, 5.74) is 3.66. The van der Waals surface area contributed by atoms with E-state index in [0.717, 1.165) is 22.3 Å². The van der Waals surface area contributed by atoms with Gasteiger partial charge < -0.3 is 9.38 Å². The van der Waals surface area contributed by atoms with Crippen molar-refractivity contribution < 1.29 is 0 Å². The Balaban J connectivity index is 2.22. The van der Waals surface area contributed by atoms with Gasteiger partial charge in [0.05, 0.1) is 5.52 Å². The second-order valence-electron chi connectivity index (χ2n) is 4.94. The van der Waals surface area contributed by atoms with Gasteiger partial charge in [0, 0.05) is 34.4 Å². The smallest absolute Gasteiger partial charge is 0.191 e. The highest BCUT2D eigenvalue weighted by Gasteiger charge is 2.10. The third-order valence-electron chi connectivity index (χ3n) is 3.66. The van der Waals surface area contributed by atoms with Crippen LogP contribution in [0.5, 0.6) is 0 Å². The summed E-state index contributed by atoms with van der Waals surface area (Å²) in [5, 5.41) is 1.38. The summed E-state index contributed by atoms with van der Waals surface area (Å²) >= 11 is 6.10. The predicted octanol–water partition coefficient (Wildman–Crippen LogP) is 4.10. The lowest BCUT2D eigenvalue weighted by Gasteiger charge is -2.09. The molecule has 0 radical (unpaired) electrons. The van der Waals surface area contributed by atoms with Gasteiger partial charge in [0.25, 0.3) is 0 Å². The summed E-state index contributed by atoms with van der Waals surface area (Å²) < 4.78 is 1.99. The molecule has 0 amide bonds. The van der Waals surface area contributed by atoms with E-state index < -0.39 is 0 Å². The first-order chi connectivity index (χ1) is 10.2. The third kappa shape index (κ3) is 1.86. The van der Waals surface area contributed by atoms with E-state index in [1.807, 2.05) is 59.3 Å². The van der Waals surface area contributed by atoms with Crippen LogP contribution >= 0.6 is 11.6 Å². The number of hydrogen-bond acceptors (Lipinski definition) is 1. The van der Waals surface area contributed by atoms with Crippen molar-refractivity contribution in [2.45, 2.75) is 0 Å². The van der Waals surface area contributed by atoms with E-state index in [-0.39, 0.29) is 5.43 Å². The highest BCUT2D eigenvalue weighted by atomic mass is 35.5. The molecule has 4 heteroatoms. The number of aromatic amines is 1. The van der Waals surface area contributed by atoms with Crippen molar-refractivity contribution in [1.82, 2.24) is 9.38 Å². The minimum atomic E-state index is 0.0105. The van der Waals surface area contributed by atoms with Gasteiger partial charge in [-0.3, -0.25) is 4.79 Å². The Labute approximate surface area is 125 Å². The molecule has 2 aromatic heterocycles. The molecule has 1 N–H and O–H groups in total. The minimum Gasteiger partial charge on any atom is -0.346 e. The number of nitrogens with zero attached hydrogens (tertiary/aromatic N) is 1. The molecule has 3 nitrogen and oxygen atoms in total. The summed E-state index contributed by atoms with van der Waals surface area (Å²) in [7, 11) is 0. The van der Waals surface area contributed by atoms with E-state index in [9.17, 15) is 4.79 Å². The molecule has 0 atom stereocenters. The SMILES string of the molecule is O=c1cc2[nH]ccn2c2c(-c3cccc(Cl)c3)cccc12. The second kappa shape index (κ2) is 4.50. The van der Waals surface area contributed by atoms with Gasteiger partial charge in [0.2, 0.25) is 0 Å². The van der Waals surface area contributed by atoms with Crippen molar-refractivity contribution in [2.75, 3.05) is 0 Å². The molecule has 0 aliphatic carbocycles. The molecule has 2 aromatic carbocycles. The largest absolute Gasteiger partial charge is 0.346 e. The van der Waals surface area contributed by atoms with Crippen LogP contribution < -0.4 is 5.43 Å². The lowest BCUT2D eigenvalue weighted by molar-refractivity contribution is 1.25. The van der Waals surface area contributed by atoms with Crippen molar-refractivity contribution in [3.8, 4) is 11.1 Å². The highest BCUT2D eigenvalue weighted by Crippen LogP contribution is 2.29. The number of nitrogens with one attached hydrogen (secondary N) is 1. The topological polar surface area (TPSA) is 37.3 Å². The molecule has 0 spiro atoms. The molecule has 102 valence electrons. The molecular formula is C17H11ClN2O. The number of para-hydroxylation sites is 1. The van der Waals surface area contributed by atoms with Gasteiger partial charge in [0.15, 0.2) is 5.43 Å². The Hall–Kier alpha value is -2.52. The zero-order valence-electron chi connectivity index (χ0n) is 11.0. The fourth-order valence-electron chi connectivity index (χ4n) is 2.75. The van der Waals surface area contributed by atoms with Gasteiger partial charge in [-0.25, -0.2) is 0 Å². The lowest BCUT2D eigenvalue weighted by atomic mass is 10.0. The number of halogens is 1. The van der Waals surface area contributed by atoms with Crippen molar-refractivity contribution in [3.63, 3.8) is 0 Å². The van der Waals surface area contributed by atoms with E-state index in [0.29, 0.717) is 10.4 Å². The van der Waals surface area contributed by atoms with Crippen LogP contribution in [0.25, 0.3) is 27.7 Å². The summed E-state index contributed by atoms with van der Waals surface area (Å²) in [6.45, 7) is 0. The van der Waals surface area contributed by atoms with Crippen LogP contribution in [0, 0.1) is 0 Å². The van der Waals surface area contributed by atoms with E-state index in [1.165, 1.54) is 0 Å². The molecular weight excluding hydrogens is 284 g/mol. The van der Waals surface area contributed by atoms with Crippen molar-refractivity contribution in [2.24, 2.45) is 0 Å². The van der Waals surface area contributed by atoms with Gasteiger partial charge >= 0.3 is 0 Å². The van der Waals surface area contributed by atoms with E-state index in [4.69, 9.17) is 11.6 Å². The first-order valence-electron chi connectivity index (χ1n) is 6.61. The molecule has 0 saturated heterocycles. The minimum absolute atomic E-state index is 0.0105. The zero-order chi connectivity index (χ0) is 14.4. The number of hydrogen-bond donors (Lipinski definition) is 1. The molecule has 2 heterocycles. The Morgan fingerprint density at radius 2 is 1.90 bits per heavy atom. The van der Waals surface area contributed by atoms with Crippen molar-refractivity contribution >= 4 is 28.2 Å². The molecule has 0 bridgehead atoms. The Morgan fingerprint density at radius 3 is 2.76 bits per heavy atom. The predicted molar refractivity (Wildman–Crippen MR) is 86.0 cm³/mol. The van der Waals surface area contributed by atoms with Crippen LogP contribution in [0.3, 0.4) is 0 Å². The summed E-state index contributed by atoms with van der Waals surface area (Å²) in [4.78, 5) is 15.4. The number of rotatable bonds is 1. The second-order valence-corrected chi connectivity index (χ2v) is 5.37. The maximum atomic E-state index is 12.3. The van der Waals surface area contributed by atoms with Crippen LogP contribution in [-0.2, 0) is 0 Å². The van der Waals surface area contributed by atoms with E-state index in [2.05, 4.69) is 4.98 Å². The van der Waals surface area contributed by atoms with Gasteiger partial charge in [0.1, 0.15) is 5.65 Å². The molecule has 0 saturated carbocycles. The Morgan fingerprint density at radius 1 is 1.05 bits per heavy atom. The van der Waals surface area contributed by atoms with Gasteiger partial charge in [-0.1, -0.05) is 35.9 Å². The maximum Gasteiger partial charge on any atom is 0.191 e. The third-order valence-corrected chi connectivity index (χ3v) is 3.90. The maximum absolute atomic E-state index is 12.3. The molecule has 4 aromatic rings. The van der Waals surface area contributed by atoms with Gasteiger partial charge in [-0.05, 0) is 23.8 Å². The number of benzene rings is 2. The molecule has 21 heavy (non-hydrogen) atoms. The van der Waals surface area contributed by atoms with Crippen LogP contribution in [0.2, 0.25) is 5.02 Å². The number of imidazole rings is 1. The van der Waals surface area contributed by atoms with Crippen molar-refractivity contribution in [1.29, 1.82) is 0 Å². The van der Waals surface area contributed by atoms with E-state index in [1.54, 1.807) is 6.07 Å². The summed E-state index contributed by atoms with van der Waals surface area (Å²) in [5.74, 6) is 0. The van der Waals surface area contributed by atoms with Gasteiger partial charge in [-0.2, -0.15) is 0 Å². The molecule has 0 fully saturated rings. The summed E-state index contributed by atoms with van der Waals surface area (Å²) in [6.07, 6.45) is 3.74. The number of aromatic nitrogens is 2. The fourth-order valence-corrected chi connectivity index (χ4v) is 2.94. The van der Waals surface area contributed by atoms with Crippen LogP contribution in [0.4, 0.5) is 0 Å².